The molecular formula is C29H25F3N4O3. The van der Waals surface area contributed by atoms with Crippen LogP contribution in [0.15, 0.2) is 85.1 Å². The van der Waals surface area contributed by atoms with Crippen LogP contribution in [-0.2, 0) is 17.6 Å². The average molecular weight is 535 g/mol. The number of para-hydroxylation sites is 1. The second-order valence-corrected chi connectivity index (χ2v) is 9.12. The Bertz CT molecular complexity index is 1520. The number of aliphatic hydroxyl groups is 1. The molecule has 2 heterocycles. The third kappa shape index (κ3) is 4.79. The molecule has 0 unspecified atom stereocenters. The lowest BCUT2D eigenvalue weighted by Gasteiger charge is -2.38. The standard InChI is InChI=1S/C29H25F3N4O3/c1-2-35-27-23(16-33-36(27)21-12-4-3-5-13-21)24(22-14-7-6-9-19(22)17-37)25(28(35)39)34-26(38)18-10-8-11-20(15-18)29(30,31)32/h3-16,24-25,37H,2,17H2,1H3,(H,34,38)/t24-,25+/m1/s1. The summed E-state index contributed by atoms with van der Waals surface area (Å²) in [5, 5.41) is 17.4. The van der Waals surface area contributed by atoms with Crippen LogP contribution < -0.4 is 10.2 Å². The number of hydrogen-bond acceptors (Lipinski definition) is 4. The number of nitrogens with zero attached hydrogens (tertiary/aromatic N) is 3. The second kappa shape index (κ2) is 10.4. The summed E-state index contributed by atoms with van der Waals surface area (Å²) in [6.07, 6.45) is -3.00. The van der Waals surface area contributed by atoms with Gasteiger partial charge in [-0.1, -0.05) is 48.5 Å². The van der Waals surface area contributed by atoms with Crippen LogP contribution in [0.4, 0.5) is 19.0 Å². The Morgan fingerprint density at radius 2 is 1.72 bits per heavy atom. The van der Waals surface area contributed by atoms with Gasteiger partial charge in [0.05, 0.1) is 24.1 Å². The van der Waals surface area contributed by atoms with Crippen LogP contribution in [0.5, 0.6) is 0 Å². The van der Waals surface area contributed by atoms with E-state index in [2.05, 4.69) is 10.4 Å². The summed E-state index contributed by atoms with van der Waals surface area (Å²) >= 11 is 0. The Balaban J connectivity index is 1.64. The summed E-state index contributed by atoms with van der Waals surface area (Å²) in [7, 11) is 0. The van der Waals surface area contributed by atoms with Gasteiger partial charge < -0.3 is 10.4 Å². The normalized spacial score (nSPS) is 17.2. The van der Waals surface area contributed by atoms with Gasteiger partial charge in [0.1, 0.15) is 11.9 Å². The maximum absolute atomic E-state index is 14.0. The van der Waals surface area contributed by atoms with Crippen LogP contribution in [0.2, 0.25) is 0 Å². The number of fused-ring (bicyclic) bond motifs is 1. The van der Waals surface area contributed by atoms with E-state index in [1.54, 1.807) is 42.1 Å². The Labute approximate surface area is 222 Å². The first kappa shape index (κ1) is 26.2. The van der Waals surface area contributed by atoms with Crippen LogP contribution in [0.3, 0.4) is 0 Å². The third-order valence-electron chi connectivity index (χ3n) is 6.84. The highest BCUT2D eigenvalue weighted by molar-refractivity contribution is 6.05. The van der Waals surface area contributed by atoms with Crippen molar-refractivity contribution >= 4 is 17.6 Å². The second-order valence-electron chi connectivity index (χ2n) is 9.12. The molecule has 39 heavy (non-hydrogen) atoms. The highest BCUT2D eigenvalue weighted by Crippen LogP contribution is 2.42. The van der Waals surface area contributed by atoms with Crippen molar-refractivity contribution in [2.75, 3.05) is 11.4 Å². The lowest BCUT2D eigenvalue weighted by atomic mass is 9.80. The summed E-state index contributed by atoms with van der Waals surface area (Å²) < 4.78 is 41.5. The maximum atomic E-state index is 14.0. The molecule has 0 radical (unpaired) electrons. The number of likely N-dealkylation sites (N-methyl/N-ethyl adjacent to an activating group) is 1. The summed E-state index contributed by atoms with van der Waals surface area (Å²) in [5.41, 5.74) is 1.33. The van der Waals surface area contributed by atoms with E-state index in [0.717, 1.165) is 23.9 Å². The van der Waals surface area contributed by atoms with Gasteiger partial charge >= 0.3 is 6.18 Å². The average Bonchev–Trinajstić information content (AvgIpc) is 3.38. The monoisotopic (exact) mass is 534 g/mol. The first-order valence-corrected chi connectivity index (χ1v) is 12.4. The number of aromatic nitrogens is 2. The molecule has 2 N–H and O–H groups in total. The fourth-order valence-corrected chi connectivity index (χ4v) is 5.04. The molecule has 0 bridgehead atoms. The molecule has 1 aliphatic heterocycles. The summed E-state index contributed by atoms with van der Waals surface area (Å²) in [6, 6.07) is 19.2. The predicted octanol–water partition coefficient (Wildman–Crippen LogP) is 4.68. The van der Waals surface area contributed by atoms with Crippen LogP contribution >= 0.6 is 0 Å². The molecule has 3 aromatic carbocycles. The highest BCUT2D eigenvalue weighted by Gasteiger charge is 2.45. The molecule has 0 spiro atoms. The summed E-state index contributed by atoms with van der Waals surface area (Å²) in [4.78, 5) is 28.8. The van der Waals surface area contributed by atoms with Crippen molar-refractivity contribution in [1.29, 1.82) is 0 Å². The van der Waals surface area contributed by atoms with Crippen molar-refractivity contribution < 1.29 is 27.9 Å². The Morgan fingerprint density at radius 3 is 2.41 bits per heavy atom. The zero-order chi connectivity index (χ0) is 27.7. The third-order valence-corrected chi connectivity index (χ3v) is 6.84. The highest BCUT2D eigenvalue weighted by atomic mass is 19.4. The quantitative estimate of drug-likeness (QED) is 0.376. The maximum Gasteiger partial charge on any atom is 0.416 e. The summed E-state index contributed by atoms with van der Waals surface area (Å²) in [6.45, 7) is 1.74. The van der Waals surface area contributed by atoms with E-state index in [4.69, 9.17) is 0 Å². The molecule has 0 fully saturated rings. The number of benzene rings is 3. The van der Waals surface area contributed by atoms with Crippen molar-refractivity contribution in [2.45, 2.75) is 31.7 Å². The molecule has 2 amide bonds. The van der Waals surface area contributed by atoms with E-state index < -0.39 is 35.5 Å². The number of carbonyl (C=O) groups is 2. The van der Waals surface area contributed by atoms with Gasteiger partial charge in [-0.05, 0) is 48.4 Å². The molecule has 1 aliphatic rings. The van der Waals surface area contributed by atoms with E-state index in [-0.39, 0.29) is 18.7 Å². The largest absolute Gasteiger partial charge is 0.416 e. The Morgan fingerprint density at radius 1 is 1.00 bits per heavy atom. The zero-order valence-electron chi connectivity index (χ0n) is 20.9. The molecule has 200 valence electrons. The van der Waals surface area contributed by atoms with E-state index in [1.165, 1.54) is 11.0 Å². The number of hydrogen-bond donors (Lipinski definition) is 2. The predicted molar refractivity (Wildman–Crippen MR) is 138 cm³/mol. The number of rotatable bonds is 6. The minimum Gasteiger partial charge on any atom is -0.392 e. The molecular weight excluding hydrogens is 509 g/mol. The van der Waals surface area contributed by atoms with Crippen molar-refractivity contribution in [2.24, 2.45) is 0 Å². The van der Waals surface area contributed by atoms with Crippen molar-refractivity contribution in [3.05, 3.63) is 113 Å². The lowest BCUT2D eigenvalue weighted by Crippen LogP contribution is -2.55. The van der Waals surface area contributed by atoms with Gasteiger partial charge in [-0.2, -0.15) is 18.3 Å². The van der Waals surface area contributed by atoms with E-state index >= 15 is 0 Å². The fraction of sp³-hybridized carbons (Fsp3) is 0.207. The van der Waals surface area contributed by atoms with Crippen LogP contribution in [0.25, 0.3) is 5.69 Å². The fourth-order valence-electron chi connectivity index (χ4n) is 5.04. The molecule has 0 saturated carbocycles. The number of carbonyl (C=O) groups excluding carboxylic acids is 2. The van der Waals surface area contributed by atoms with Gasteiger partial charge in [-0.3, -0.25) is 14.5 Å². The topological polar surface area (TPSA) is 87.5 Å². The zero-order valence-corrected chi connectivity index (χ0v) is 20.9. The van der Waals surface area contributed by atoms with Crippen LogP contribution in [0.1, 0.15) is 45.5 Å². The first-order valence-electron chi connectivity index (χ1n) is 12.4. The minimum atomic E-state index is -4.63. The first-order chi connectivity index (χ1) is 18.7. The van der Waals surface area contributed by atoms with Gasteiger partial charge in [-0.25, -0.2) is 4.68 Å². The molecule has 2 atom stereocenters. The molecule has 10 heteroatoms. The van der Waals surface area contributed by atoms with E-state index in [1.807, 2.05) is 30.3 Å². The number of amides is 2. The van der Waals surface area contributed by atoms with Crippen molar-refractivity contribution in [3.8, 4) is 5.69 Å². The molecule has 0 aliphatic carbocycles. The lowest BCUT2D eigenvalue weighted by molar-refractivity contribution is -0.137. The number of aliphatic hydroxyl groups excluding tert-OH is 1. The number of nitrogens with one attached hydrogen (secondary N) is 1. The molecule has 7 nitrogen and oxygen atoms in total. The molecule has 0 saturated heterocycles. The summed E-state index contributed by atoms with van der Waals surface area (Å²) in [5.74, 6) is -1.50. The van der Waals surface area contributed by atoms with Gasteiger partial charge in [0.25, 0.3) is 11.8 Å². The number of alkyl halides is 3. The molecule has 1 aromatic heterocycles. The molecule has 4 aromatic rings. The van der Waals surface area contributed by atoms with Crippen molar-refractivity contribution in [1.82, 2.24) is 15.1 Å². The van der Waals surface area contributed by atoms with Crippen LogP contribution in [-0.4, -0.2) is 39.3 Å². The van der Waals surface area contributed by atoms with Crippen LogP contribution in [0, 0.1) is 0 Å². The Hall–Kier alpha value is -4.44. The number of anilines is 1. The minimum absolute atomic E-state index is 0.222. The van der Waals surface area contributed by atoms with E-state index in [9.17, 15) is 27.9 Å². The van der Waals surface area contributed by atoms with E-state index in [0.29, 0.717) is 22.5 Å². The Kier molecular flexibility index (Phi) is 6.96. The smallest absolute Gasteiger partial charge is 0.392 e. The molecule has 5 rings (SSSR count). The number of halogens is 3. The van der Waals surface area contributed by atoms with Gasteiger partial charge in [0.2, 0.25) is 0 Å². The van der Waals surface area contributed by atoms with Crippen molar-refractivity contribution in [3.63, 3.8) is 0 Å². The van der Waals surface area contributed by atoms with Gasteiger partial charge in [0.15, 0.2) is 0 Å². The van der Waals surface area contributed by atoms with Gasteiger partial charge in [0, 0.05) is 23.6 Å². The van der Waals surface area contributed by atoms with Gasteiger partial charge in [-0.15, -0.1) is 0 Å². The SMILES string of the molecule is CCN1C(=O)[C@@H](NC(=O)c2cccc(C(F)(F)F)c2)[C@H](c2ccccc2CO)c2cnn(-c3ccccc3)c21.